The Kier molecular flexibility index (Phi) is 5.93. The Labute approximate surface area is 185 Å². The first kappa shape index (κ1) is 21.2. The Bertz CT molecular complexity index is 1340. The monoisotopic (exact) mass is 428 g/mol. The number of aryl methyl sites for hydroxylation is 1. The van der Waals surface area contributed by atoms with Crippen LogP contribution in [0.5, 0.6) is 0 Å². The van der Waals surface area contributed by atoms with Gasteiger partial charge < -0.3 is 9.88 Å². The van der Waals surface area contributed by atoms with Crippen molar-refractivity contribution in [2.45, 2.75) is 33.4 Å². The minimum absolute atomic E-state index is 0.0578. The Morgan fingerprint density at radius 1 is 1.19 bits per heavy atom. The molecule has 0 unspecified atom stereocenters. The highest BCUT2D eigenvalue weighted by atomic mass is 16.2. The molecule has 0 bridgehead atoms. The molecular weight excluding hydrogens is 404 g/mol. The van der Waals surface area contributed by atoms with Gasteiger partial charge in [0.15, 0.2) is 5.82 Å². The molecule has 8 heteroatoms. The minimum atomic E-state index is -0.347. The zero-order valence-corrected chi connectivity index (χ0v) is 18.1. The van der Waals surface area contributed by atoms with E-state index in [0.29, 0.717) is 35.9 Å². The van der Waals surface area contributed by atoms with Crippen molar-refractivity contribution in [3.8, 4) is 11.4 Å². The van der Waals surface area contributed by atoms with Crippen LogP contribution in [-0.4, -0.2) is 30.1 Å². The first-order chi connectivity index (χ1) is 15.5. The molecular formula is C24H24N6O2. The van der Waals surface area contributed by atoms with E-state index >= 15 is 0 Å². The van der Waals surface area contributed by atoms with E-state index in [1.165, 1.54) is 4.52 Å². The average Bonchev–Trinajstić information content (AvgIpc) is 3.25. The Balaban J connectivity index is 1.70. The second kappa shape index (κ2) is 8.97. The highest BCUT2D eigenvalue weighted by Crippen LogP contribution is 2.18. The van der Waals surface area contributed by atoms with Gasteiger partial charge in [0.1, 0.15) is 0 Å². The summed E-state index contributed by atoms with van der Waals surface area (Å²) in [6.07, 6.45) is 5.04. The minimum Gasteiger partial charge on any atom is -0.352 e. The lowest BCUT2D eigenvalue weighted by atomic mass is 10.1. The van der Waals surface area contributed by atoms with Crippen LogP contribution in [0, 0.1) is 13.8 Å². The van der Waals surface area contributed by atoms with Gasteiger partial charge in [-0.1, -0.05) is 42.0 Å². The number of nitrogens with zero attached hydrogens (tertiary/aromatic N) is 5. The number of fused-ring (bicyclic) bond motifs is 1. The quantitative estimate of drug-likeness (QED) is 0.457. The number of hydrogen-bond donors (Lipinski definition) is 1. The highest BCUT2D eigenvalue weighted by Gasteiger charge is 2.20. The normalized spacial score (nSPS) is 10.9. The van der Waals surface area contributed by atoms with Crippen molar-refractivity contribution >= 4 is 11.7 Å². The van der Waals surface area contributed by atoms with Crippen LogP contribution < -0.4 is 10.9 Å². The lowest BCUT2D eigenvalue weighted by Gasteiger charge is -2.14. The average molecular weight is 428 g/mol. The summed E-state index contributed by atoms with van der Waals surface area (Å²) in [5.74, 6) is 0.623. The van der Waals surface area contributed by atoms with Crippen molar-refractivity contribution in [1.82, 2.24) is 29.5 Å². The van der Waals surface area contributed by atoms with Gasteiger partial charge in [0, 0.05) is 42.3 Å². The predicted octanol–water partition coefficient (Wildman–Crippen LogP) is 2.61. The van der Waals surface area contributed by atoms with Crippen LogP contribution in [0.4, 0.5) is 0 Å². The maximum atomic E-state index is 13.2. The Morgan fingerprint density at radius 2 is 1.97 bits per heavy atom. The van der Waals surface area contributed by atoms with E-state index in [1.807, 2.05) is 54.8 Å². The van der Waals surface area contributed by atoms with Gasteiger partial charge in [-0.15, -0.1) is 11.7 Å². The maximum Gasteiger partial charge on any atom is 0.279 e. The smallest absolute Gasteiger partial charge is 0.279 e. The van der Waals surface area contributed by atoms with E-state index in [2.05, 4.69) is 27.0 Å². The largest absolute Gasteiger partial charge is 0.352 e. The molecule has 1 amide bonds. The number of pyridine rings is 1. The molecule has 0 aliphatic rings. The van der Waals surface area contributed by atoms with Crippen LogP contribution in [0.15, 0.2) is 66.2 Å². The van der Waals surface area contributed by atoms with Gasteiger partial charge in [-0.3, -0.25) is 14.6 Å². The first-order valence-corrected chi connectivity index (χ1v) is 10.3. The topological polar surface area (TPSA) is 94.2 Å². The summed E-state index contributed by atoms with van der Waals surface area (Å²) in [6, 6.07) is 11.5. The molecule has 0 saturated carbocycles. The van der Waals surface area contributed by atoms with Gasteiger partial charge in [-0.2, -0.15) is 9.50 Å². The summed E-state index contributed by atoms with van der Waals surface area (Å²) in [6.45, 7) is 8.41. The zero-order chi connectivity index (χ0) is 22.7. The number of amides is 1. The molecule has 0 radical (unpaired) electrons. The number of nitrogens with one attached hydrogen (secondary N) is 1. The summed E-state index contributed by atoms with van der Waals surface area (Å²) in [5, 5.41) is 7.30. The molecule has 32 heavy (non-hydrogen) atoms. The van der Waals surface area contributed by atoms with Crippen LogP contribution >= 0.6 is 0 Å². The molecule has 0 saturated heterocycles. The summed E-state index contributed by atoms with van der Waals surface area (Å²) >= 11 is 0. The lowest BCUT2D eigenvalue weighted by Crippen LogP contribution is -2.32. The fourth-order valence-corrected chi connectivity index (χ4v) is 3.51. The Morgan fingerprint density at radius 3 is 2.66 bits per heavy atom. The van der Waals surface area contributed by atoms with Crippen molar-refractivity contribution in [1.29, 1.82) is 0 Å². The maximum absolute atomic E-state index is 13.2. The van der Waals surface area contributed by atoms with Gasteiger partial charge in [0.2, 0.25) is 11.7 Å². The predicted molar refractivity (Wildman–Crippen MR) is 122 cm³/mol. The van der Waals surface area contributed by atoms with Crippen LogP contribution in [-0.2, 0) is 24.3 Å². The Hall–Kier alpha value is -4.07. The third-order valence-electron chi connectivity index (χ3n) is 5.29. The number of rotatable bonds is 7. The van der Waals surface area contributed by atoms with E-state index < -0.39 is 0 Å². The molecule has 3 aromatic heterocycles. The molecule has 4 aromatic rings. The van der Waals surface area contributed by atoms with Gasteiger partial charge in [0.05, 0.1) is 6.42 Å². The zero-order valence-electron chi connectivity index (χ0n) is 18.1. The first-order valence-electron chi connectivity index (χ1n) is 10.3. The van der Waals surface area contributed by atoms with E-state index in [0.717, 1.165) is 16.7 Å². The summed E-state index contributed by atoms with van der Waals surface area (Å²) in [4.78, 5) is 34.5. The summed E-state index contributed by atoms with van der Waals surface area (Å²) in [5.41, 5.74) is 3.53. The second-order valence-electron chi connectivity index (χ2n) is 7.60. The van der Waals surface area contributed by atoms with Crippen molar-refractivity contribution < 1.29 is 4.79 Å². The summed E-state index contributed by atoms with van der Waals surface area (Å²) in [7, 11) is 0. The van der Waals surface area contributed by atoms with Gasteiger partial charge >= 0.3 is 0 Å². The van der Waals surface area contributed by atoms with Crippen molar-refractivity contribution in [2.24, 2.45) is 0 Å². The molecule has 8 nitrogen and oxygen atoms in total. The van der Waals surface area contributed by atoms with E-state index in [-0.39, 0.29) is 17.9 Å². The lowest BCUT2D eigenvalue weighted by molar-refractivity contribution is -0.120. The molecule has 0 spiro atoms. The molecule has 162 valence electrons. The molecule has 3 heterocycles. The number of allylic oxidation sites excluding steroid dienone is 1. The van der Waals surface area contributed by atoms with Gasteiger partial charge in [0.25, 0.3) is 5.56 Å². The number of benzene rings is 1. The van der Waals surface area contributed by atoms with Crippen LogP contribution in [0.3, 0.4) is 0 Å². The van der Waals surface area contributed by atoms with E-state index in [9.17, 15) is 9.59 Å². The molecule has 1 aromatic carbocycles. The third kappa shape index (κ3) is 4.20. The van der Waals surface area contributed by atoms with Gasteiger partial charge in [-0.25, -0.2) is 0 Å². The van der Waals surface area contributed by atoms with Gasteiger partial charge in [-0.05, 0) is 25.5 Å². The van der Waals surface area contributed by atoms with Crippen molar-refractivity contribution in [3.63, 3.8) is 0 Å². The second-order valence-corrected chi connectivity index (χ2v) is 7.60. The van der Waals surface area contributed by atoms with E-state index in [4.69, 9.17) is 0 Å². The standard InChI is InChI=1S/C24H24N6O2/c1-4-12-29-17(3)20(13-21(31)26-15-18-6-5-11-25-14-18)23(32)30-24(29)27-22(28-30)19-9-7-16(2)8-10-19/h4-11,14H,1,12-13,15H2,2-3H3,(H,26,31). The number of aromatic nitrogens is 5. The molecule has 0 fully saturated rings. The van der Waals surface area contributed by atoms with Crippen LogP contribution in [0.25, 0.3) is 17.2 Å². The fourth-order valence-electron chi connectivity index (χ4n) is 3.51. The number of carbonyl (C=O) groups excluding carboxylic acids is 1. The molecule has 0 aliphatic heterocycles. The van der Waals surface area contributed by atoms with Crippen LogP contribution in [0.2, 0.25) is 0 Å². The fraction of sp³-hybridized carbons (Fsp3) is 0.208. The van der Waals surface area contributed by atoms with E-state index in [1.54, 1.807) is 18.5 Å². The van der Waals surface area contributed by atoms with Crippen molar-refractivity contribution in [2.75, 3.05) is 0 Å². The SMILES string of the molecule is C=CCn1c(C)c(CC(=O)NCc2cccnc2)c(=O)n2nc(-c3ccc(C)cc3)nc12. The van der Waals surface area contributed by atoms with Crippen LogP contribution in [0.1, 0.15) is 22.4 Å². The molecule has 4 rings (SSSR count). The van der Waals surface area contributed by atoms with Crippen molar-refractivity contribution in [3.05, 3.63) is 94.2 Å². The number of carbonyl (C=O) groups is 1. The third-order valence-corrected chi connectivity index (χ3v) is 5.29. The highest BCUT2D eigenvalue weighted by molar-refractivity contribution is 5.78. The molecule has 0 atom stereocenters. The molecule has 0 aliphatic carbocycles. The number of hydrogen-bond acceptors (Lipinski definition) is 5. The molecule has 1 N–H and O–H groups in total. The summed E-state index contributed by atoms with van der Waals surface area (Å²) < 4.78 is 3.12.